The van der Waals surface area contributed by atoms with E-state index in [1.165, 1.54) is 12.1 Å². The van der Waals surface area contributed by atoms with Gasteiger partial charge in [-0.2, -0.15) is 0 Å². The maximum atomic E-state index is 13.4. The van der Waals surface area contributed by atoms with Crippen molar-refractivity contribution in [2.24, 2.45) is 0 Å². The van der Waals surface area contributed by atoms with E-state index in [1.807, 2.05) is 0 Å². The summed E-state index contributed by atoms with van der Waals surface area (Å²) >= 11 is 8.91. The maximum absolute atomic E-state index is 13.4. The van der Waals surface area contributed by atoms with Gasteiger partial charge < -0.3 is 5.73 Å². The van der Waals surface area contributed by atoms with Crippen molar-refractivity contribution in [3.05, 3.63) is 62.8 Å². The Hall–Kier alpha value is -1.39. The first-order valence-electron chi connectivity index (χ1n) is 5.50. The standard InChI is InChI=1S/C14H10BrClFNO/c15-14-8(2-1-3-11(14)17)6-13(19)10-5-4-9(16)7-12(10)18/h1-5,7H,6,18H2. The quantitative estimate of drug-likeness (QED) is 0.669. The van der Waals surface area contributed by atoms with Gasteiger partial charge in [-0.3, -0.25) is 4.79 Å². The van der Waals surface area contributed by atoms with Crippen LogP contribution >= 0.6 is 27.5 Å². The highest BCUT2D eigenvalue weighted by molar-refractivity contribution is 9.10. The number of ketones is 1. The lowest BCUT2D eigenvalue weighted by Crippen LogP contribution is -2.07. The van der Waals surface area contributed by atoms with E-state index in [1.54, 1.807) is 24.3 Å². The van der Waals surface area contributed by atoms with E-state index in [2.05, 4.69) is 15.9 Å². The summed E-state index contributed by atoms with van der Waals surface area (Å²) in [6, 6.07) is 9.29. The van der Waals surface area contributed by atoms with Crippen LogP contribution in [-0.2, 0) is 6.42 Å². The summed E-state index contributed by atoms with van der Waals surface area (Å²) in [5.74, 6) is -0.574. The van der Waals surface area contributed by atoms with Crippen molar-refractivity contribution in [2.45, 2.75) is 6.42 Å². The second-order valence-corrected chi connectivity index (χ2v) is 5.27. The van der Waals surface area contributed by atoms with Crippen molar-refractivity contribution in [1.29, 1.82) is 0 Å². The molecule has 0 radical (unpaired) electrons. The molecule has 0 aliphatic carbocycles. The monoisotopic (exact) mass is 341 g/mol. The van der Waals surface area contributed by atoms with Crippen LogP contribution in [0.25, 0.3) is 0 Å². The van der Waals surface area contributed by atoms with Crippen LogP contribution < -0.4 is 5.73 Å². The minimum atomic E-state index is -0.394. The van der Waals surface area contributed by atoms with E-state index in [0.29, 0.717) is 26.3 Å². The third kappa shape index (κ3) is 3.14. The highest BCUT2D eigenvalue weighted by Gasteiger charge is 2.14. The average molecular weight is 343 g/mol. The number of halogens is 3. The molecule has 0 saturated heterocycles. The molecule has 0 saturated carbocycles. The van der Waals surface area contributed by atoms with E-state index in [9.17, 15) is 9.18 Å². The zero-order valence-corrected chi connectivity index (χ0v) is 12.1. The van der Waals surface area contributed by atoms with Crippen LogP contribution in [0.3, 0.4) is 0 Å². The van der Waals surface area contributed by atoms with Crippen LogP contribution in [0, 0.1) is 5.82 Å². The van der Waals surface area contributed by atoms with Crippen LogP contribution in [0.2, 0.25) is 5.02 Å². The number of hydrogen-bond acceptors (Lipinski definition) is 2. The number of anilines is 1. The molecule has 2 aromatic rings. The molecule has 0 heterocycles. The molecule has 0 aliphatic rings. The predicted octanol–water partition coefficient (Wildman–Crippen LogP) is 4.25. The Kier molecular flexibility index (Phi) is 4.22. The number of hydrogen-bond donors (Lipinski definition) is 1. The first-order valence-corrected chi connectivity index (χ1v) is 6.67. The zero-order chi connectivity index (χ0) is 14.0. The van der Waals surface area contributed by atoms with E-state index in [4.69, 9.17) is 17.3 Å². The van der Waals surface area contributed by atoms with Gasteiger partial charge in [0.25, 0.3) is 0 Å². The highest BCUT2D eigenvalue weighted by atomic mass is 79.9. The van der Waals surface area contributed by atoms with Gasteiger partial charge in [0.1, 0.15) is 5.82 Å². The van der Waals surface area contributed by atoms with Gasteiger partial charge in [0, 0.05) is 22.7 Å². The Balaban J connectivity index is 2.28. The van der Waals surface area contributed by atoms with Gasteiger partial charge in [-0.15, -0.1) is 0 Å². The molecule has 0 amide bonds. The number of benzene rings is 2. The van der Waals surface area contributed by atoms with Crippen LogP contribution in [0.1, 0.15) is 15.9 Å². The Labute approximate surface area is 123 Å². The van der Waals surface area contributed by atoms with Crippen molar-refractivity contribution in [1.82, 2.24) is 0 Å². The van der Waals surface area contributed by atoms with Crippen molar-refractivity contribution in [2.75, 3.05) is 5.73 Å². The fourth-order valence-electron chi connectivity index (χ4n) is 1.74. The molecule has 5 heteroatoms. The molecule has 2 nitrogen and oxygen atoms in total. The second kappa shape index (κ2) is 5.72. The number of nitrogens with two attached hydrogens (primary N) is 1. The molecule has 0 aliphatic heterocycles. The van der Waals surface area contributed by atoms with Gasteiger partial charge in [-0.1, -0.05) is 23.7 Å². The molecule has 0 unspecified atom stereocenters. The topological polar surface area (TPSA) is 43.1 Å². The third-order valence-corrected chi connectivity index (χ3v) is 3.82. The van der Waals surface area contributed by atoms with Crippen molar-refractivity contribution in [3.8, 4) is 0 Å². The number of rotatable bonds is 3. The first-order chi connectivity index (χ1) is 8.99. The Morgan fingerprint density at radius 3 is 2.74 bits per heavy atom. The van der Waals surface area contributed by atoms with Crippen LogP contribution in [-0.4, -0.2) is 5.78 Å². The summed E-state index contributed by atoms with van der Waals surface area (Å²) in [7, 11) is 0. The molecule has 0 spiro atoms. The Morgan fingerprint density at radius 1 is 1.32 bits per heavy atom. The highest BCUT2D eigenvalue weighted by Crippen LogP contribution is 2.24. The molecule has 2 rings (SSSR count). The normalized spacial score (nSPS) is 10.5. The van der Waals surface area contributed by atoms with Gasteiger partial charge >= 0.3 is 0 Å². The Morgan fingerprint density at radius 2 is 2.05 bits per heavy atom. The van der Waals surface area contributed by atoms with Gasteiger partial charge in [-0.05, 0) is 45.8 Å². The van der Waals surface area contributed by atoms with Crippen molar-refractivity contribution in [3.63, 3.8) is 0 Å². The summed E-state index contributed by atoms with van der Waals surface area (Å²) in [4.78, 5) is 12.1. The lowest BCUT2D eigenvalue weighted by molar-refractivity contribution is 0.0993. The van der Waals surface area contributed by atoms with Gasteiger partial charge in [-0.25, -0.2) is 4.39 Å². The smallest absolute Gasteiger partial charge is 0.169 e. The van der Waals surface area contributed by atoms with Crippen LogP contribution in [0.15, 0.2) is 40.9 Å². The minimum absolute atomic E-state index is 0.0736. The predicted molar refractivity (Wildman–Crippen MR) is 78.0 cm³/mol. The lowest BCUT2D eigenvalue weighted by atomic mass is 10.0. The molecule has 0 fully saturated rings. The molecular weight excluding hydrogens is 333 g/mol. The third-order valence-electron chi connectivity index (χ3n) is 2.70. The van der Waals surface area contributed by atoms with Crippen molar-refractivity contribution >= 4 is 39.0 Å². The van der Waals surface area contributed by atoms with E-state index in [0.717, 1.165) is 0 Å². The summed E-state index contributed by atoms with van der Waals surface area (Å²) in [5, 5.41) is 0.473. The van der Waals surface area contributed by atoms with E-state index >= 15 is 0 Å². The number of carbonyl (C=O) groups is 1. The molecule has 2 N–H and O–H groups in total. The summed E-state index contributed by atoms with van der Waals surface area (Å²) in [5.41, 5.74) is 7.05. The lowest BCUT2D eigenvalue weighted by Gasteiger charge is -2.07. The molecular formula is C14H10BrClFNO. The summed E-state index contributed by atoms with van der Waals surface area (Å²) in [6.45, 7) is 0. The molecule has 0 bridgehead atoms. The number of carbonyl (C=O) groups excluding carboxylic acids is 1. The first kappa shape index (κ1) is 14.0. The minimum Gasteiger partial charge on any atom is -0.398 e. The Bertz CT molecular complexity index is 645. The van der Waals surface area contributed by atoms with E-state index < -0.39 is 5.82 Å². The van der Waals surface area contributed by atoms with Crippen LogP contribution in [0.4, 0.5) is 10.1 Å². The molecule has 0 atom stereocenters. The van der Waals surface area contributed by atoms with E-state index in [-0.39, 0.29) is 12.2 Å². The van der Waals surface area contributed by atoms with Gasteiger partial charge in [0.2, 0.25) is 0 Å². The SMILES string of the molecule is Nc1cc(Cl)ccc1C(=O)Cc1cccc(F)c1Br. The zero-order valence-electron chi connectivity index (χ0n) is 9.79. The maximum Gasteiger partial charge on any atom is 0.169 e. The summed E-state index contributed by atoms with van der Waals surface area (Å²) in [6.07, 6.45) is 0.0736. The fraction of sp³-hybridized carbons (Fsp3) is 0.0714. The molecule has 19 heavy (non-hydrogen) atoms. The number of Topliss-reactive ketones (excluding diaryl/α,β-unsaturated/α-hetero) is 1. The summed E-state index contributed by atoms with van der Waals surface area (Å²) < 4.78 is 13.7. The van der Waals surface area contributed by atoms with Crippen LogP contribution in [0.5, 0.6) is 0 Å². The molecule has 98 valence electrons. The largest absolute Gasteiger partial charge is 0.398 e. The van der Waals surface area contributed by atoms with Crippen molar-refractivity contribution < 1.29 is 9.18 Å². The van der Waals surface area contributed by atoms with Gasteiger partial charge in [0.15, 0.2) is 5.78 Å². The fourth-order valence-corrected chi connectivity index (χ4v) is 2.33. The molecule has 0 aromatic heterocycles. The second-order valence-electron chi connectivity index (χ2n) is 4.04. The van der Waals surface area contributed by atoms with Gasteiger partial charge in [0.05, 0.1) is 4.47 Å². The molecule has 2 aromatic carbocycles. The number of nitrogen functional groups attached to an aromatic ring is 1. The average Bonchev–Trinajstić information content (AvgIpc) is 2.34.